The molecule has 0 spiro atoms. The number of carbonyl (C=O) groups excluding carboxylic acids is 1. The molecule has 1 aliphatic carbocycles. The number of para-hydroxylation sites is 1. The summed E-state index contributed by atoms with van der Waals surface area (Å²) in [4.78, 5) is 17.6. The number of amides is 1. The van der Waals surface area contributed by atoms with E-state index in [1.54, 1.807) is 0 Å². The summed E-state index contributed by atoms with van der Waals surface area (Å²) >= 11 is 0. The minimum Gasteiger partial charge on any atom is -0.396 e. The van der Waals surface area contributed by atoms with Crippen LogP contribution in [0.25, 0.3) is 0 Å². The number of hydrogen-bond acceptors (Lipinski definition) is 4. The summed E-state index contributed by atoms with van der Waals surface area (Å²) in [5, 5.41) is 10.1. The molecule has 0 unspecified atom stereocenters. The first-order valence-electron chi connectivity index (χ1n) is 12.6. The van der Waals surface area contributed by atoms with Gasteiger partial charge in [0.15, 0.2) is 0 Å². The van der Waals surface area contributed by atoms with Crippen LogP contribution in [0.3, 0.4) is 0 Å². The predicted molar refractivity (Wildman–Crippen MR) is 134 cm³/mol. The van der Waals surface area contributed by atoms with Crippen molar-refractivity contribution in [2.45, 2.75) is 72.1 Å². The highest BCUT2D eigenvalue weighted by molar-refractivity contribution is 6.01. The van der Waals surface area contributed by atoms with E-state index in [-0.39, 0.29) is 17.9 Å². The van der Waals surface area contributed by atoms with Crippen LogP contribution in [0.2, 0.25) is 0 Å². The van der Waals surface area contributed by atoms with Crippen LogP contribution in [0.4, 0.5) is 5.69 Å². The smallest absolute Gasteiger partial charge is 0.251 e. The first kappa shape index (κ1) is 23.6. The average Bonchev–Trinajstić information content (AvgIpc) is 3.31. The second-order valence-corrected chi connectivity index (χ2v) is 9.87. The average molecular weight is 450 g/mol. The van der Waals surface area contributed by atoms with Crippen molar-refractivity contribution >= 4 is 11.6 Å². The summed E-state index contributed by atoms with van der Waals surface area (Å²) in [6.45, 7) is 8.57. The number of hydrogen-bond donors (Lipinski definition) is 2. The lowest BCUT2D eigenvalue weighted by Crippen LogP contribution is -2.47. The van der Waals surface area contributed by atoms with Crippen molar-refractivity contribution in [3.63, 3.8) is 0 Å². The molecular formula is C28H39N3O2. The van der Waals surface area contributed by atoms with Gasteiger partial charge in [0.05, 0.1) is 17.0 Å². The molecule has 0 radical (unpaired) electrons. The molecule has 4 rings (SSSR count). The maximum atomic E-state index is 12.8. The summed E-state index contributed by atoms with van der Waals surface area (Å²) in [5.74, 6) is 0.903. The Morgan fingerprint density at radius 1 is 1.15 bits per heavy atom. The molecule has 5 nitrogen and oxygen atoms in total. The molecule has 5 heteroatoms. The number of aryl methyl sites for hydroxylation is 1. The highest BCUT2D eigenvalue weighted by Crippen LogP contribution is 2.48. The first-order valence-corrected chi connectivity index (χ1v) is 12.6. The zero-order valence-corrected chi connectivity index (χ0v) is 20.5. The number of nitrogens with two attached hydrogens (primary N) is 1. The van der Waals surface area contributed by atoms with Gasteiger partial charge in [0.25, 0.3) is 5.91 Å². The Hall–Kier alpha value is -2.53. The van der Waals surface area contributed by atoms with E-state index in [2.05, 4.69) is 60.9 Å². The largest absolute Gasteiger partial charge is 0.396 e. The van der Waals surface area contributed by atoms with Crippen LogP contribution in [0.15, 0.2) is 58.6 Å². The molecule has 2 heterocycles. The number of fused-ring (bicyclic) bond motifs is 1. The van der Waals surface area contributed by atoms with Crippen LogP contribution in [0, 0.1) is 12.3 Å². The fourth-order valence-corrected chi connectivity index (χ4v) is 5.74. The number of carbonyl (C=O) groups is 1. The monoisotopic (exact) mass is 449 g/mol. The number of likely N-dealkylation sites (tertiary alicyclic amines) is 1. The van der Waals surface area contributed by atoms with Gasteiger partial charge in [-0.2, -0.15) is 0 Å². The zero-order chi connectivity index (χ0) is 23.6. The molecule has 1 aromatic rings. The normalized spacial score (nSPS) is 21.8. The quantitative estimate of drug-likeness (QED) is 0.603. The molecule has 3 N–H and O–H groups in total. The standard InChI is InChI=1S/C28H39N3O2/c1-4-6-13-24-25(26(29)33)21-11-9-12-22(21)27(31(24)23-14-8-7-10-20(23)3)30-17-15-28(5-2,19-32)16-18-30/h7-8,10,13-14,32H,4-6,9,11-12,15-19H2,1-3H3,(H2,29,33)/b24-13+. The number of benzene rings is 1. The van der Waals surface area contributed by atoms with E-state index in [0.717, 1.165) is 81.4 Å². The van der Waals surface area contributed by atoms with Crippen molar-refractivity contribution in [2.75, 3.05) is 24.6 Å². The number of unbranched alkanes of at least 4 members (excludes halogenated alkanes) is 1. The topological polar surface area (TPSA) is 69.8 Å². The molecule has 0 atom stereocenters. The molecule has 1 aromatic carbocycles. The van der Waals surface area contributed by atoms with E-state index >= 15 is 0 Å². The van der Waals surface area contributed by atoms with Gasteiger partial charge >= 0.3 is 0 Å². The number of aliphatic hydroxyl groups is 1. The fourth-order valence-electron chi connectivity index (χ4n) is 5.74. The molecule has 2 aliphatic heterocycles. The second kappa shape index (κ2) is 9.76. The summed E-state index contributed by atoms with van der Waals surface area (Å²) in [6, 6.07) is 8.43. The number of aliphatic hydroxyl groups excluding tert-OH is 1. The van der Waals surface area contributed by atoms with Crippen LogP contribution >= 0.6 is 0 Å². The maximum Gasteiger partial charge on any atom is 0.251 e. The van der Waals surface area contributed by atoms with Gasteiger partial charge in [-0.05, 0) is 80.1 Å². The Kier molecular flexibility index (Phi) is 6.99. The van der Waals surface area contributed by atoms with Crippen LogP contribution in [0.1, 0.15) is 70.8 Å². The SMILES string of the molecule is CCC/C=C1\C(C(N)=O)=C2CCCC2=C(N2CCC(CC)(CO)CC2)N1c1ccccc1C. The van der Waals surface area contributed by atoms with Gasteiger partial charge < -0.3 is 15.7 Å². The molecule has 0 bridgehead atoms. The third-order valence-corrected chi connectivity index (χ3v) is 7.94. The van der Waals surface area contributed by atoms with Crippen LogP contribution < -0.4 is 10.6 Å². The van der Waals surface area contributed by atoms with E-state index in [9.17, 15) is 9.90 Å². The fraction of sp³-hybridized carbons (Fsp3) is 0.536. The number of nitrogens with zero attached hydrogens (tertiary/aromatic N) is 2. The summed E-state index contributed by atoms with van der Waals surface area (Å²) in [5.41, 5.74) is 12.4. The van der Waals surface area contributed by atoms with Crippen molar-refractivity contribution in [1.82, 2.24) is 4.90 Å². The van der Waals surface area contributed by atoms with Gasteiger partial charge in [0.1, 0.15) is 5.82 Å². The molecule has 178 valence electrons. The van der Waals surface area contributed by atoms with Crippen molar-refractivity contribution in [3.05, 3.63) is 64.1 Å². The van der Waals surface area contributed by atoms with Crippen molar-refractivity contribution in [1.29, 1.82) is 0 Å². The molecule has 0 aromatic heterocycles. The van der Waals surface area contributed by atoms with Crippen LogP contribution in [0.5, 0.6) is 0 Å². The Labute approximate surface area is 198 Å². The highest BCUT2D eigenvalue weighted by Gasteiger charge is 2.41. The minimum absolute atomic E-state index is 0.0253. The number of primary amides is 1. The number of anilines is 1. The third kappa shape index (κ3) is 4.23. The molecular weight excluding hydrogens is 410 g/mol. The Bertz CT molecular complexity index is 990. The third-order valence-electron chi connectivity index (χ3n) is 7.94. The first-order chi connectivity index (χ1) is 16.0. The van der Waals surface area contributed by atoms with E-state index in [4.69, 9.17) is 5.73 Å². The molecule has 1 amide bonds. The predicted octanol–water partition coefficient (Wildman–Crippen LogP) is 5.16. The van der Waals surface area contributed by atoms with E-state index < -0.39 is 0 Å². The number of allylic oxidation sites excluding steroid dienone is 3. The van der Waals surface area contributed by atoms with Gasteiger partial charge in [0.2, 0.25) is 0 Å². The highest BCUT2D eigenvalue weighted by atomic mass is 16.3. The van der Waals surface area contributed by atoms with E-state index in [1.165, 1.54) is 17.0 Å². The van der Waals surface area contributed by atoms with Crippen LogP contribution in [-0.4, -0.2) is 35.6 Å². The lowest BCUT2D eigenvalue weighted by Gasteiger charge is -2.47. The van der Waals surface area contributed by atoms with Crippen molar-refractivity contribution in [2.24, 2.45) is 11.1 Å². The number of piperidine rings is 1. The lowest BCUT2D eigenvalue weighted by molar-refractivity contribution is -0.114. The minimum atomic E-state index is -0.326. The van der Waals surface area contributed by atoms with Crippen molar-refractivity contribution in [3.8, 4) is 0 Å². The second-order valence-electron chi connectivity index (χ2n) is 9.87. The summed E-state index contributed by atoms with van der Waals surface area (Å²) < 4.78 is 0. The summed E-state index contributed by atoms with van der Waals surface area (Å²) in [6.07, 6.45) is 10.0. The van der Waals surface area contributed by atoms with Gasteiger partial charge in [-0.15, -0.1) is 0 Å². The van der Waals surface area contributed by atoms with Gasteiger partial charge in [0, 0.05) is 19.7 Å². The van der Waals surface area contributed by atoms with Gasteiger partial charge in [-0.25, -0.2) is 0 Å². The summed E-state index contributed by atoms with van der Waals surface area (Å²) in [7, 11) is 0. The lowest BCUT2D eigenvalue weighted by atomic mass is 9.77. The van der Waals surface area contributed by atoms with E-state index in [1.807, 2.05) is 0 Å². The molecule has 1 saturated heterocycles. The Morgan fingerprint density at radius 2 is 1.85 bits per heavy atom. The van der Waals surface area contributed by atoms with Gasteiger partial charge in [-0.3, -0.25) is 9.69 Å². The van der Waals surface area contributed by atoms with Crippen LogP contribution in [-0.2, 0) is 4.79 Å². The molecule has 3 aliphatic rings. The van der Waals surface area contributed by atoms with Gasteiger partial charge in [-0.1, -0.05) is 44.5 Å². The Morgan fingerprint density at radius 3 is 2.45 bits per heavy atom. The maximum absolute atomic E-state index is 12.8. The van der Waals surface area contributed by atoms with E-state index in [0.29, 0.717) is 5.57 Å². The Balaban J connectivity index is 1.90. The molecule has 33 heavy (non-hydrogen) atoms. The molecule has 2 fully saturated rings. The van der Waals surface area contributed by atoms with Crippen molar-refractivity contribution < 1.29 is 9.90 Å². The number of rotatable bonds is 7. The zero-order valence-electron chi connectivity index (χ0n) is 20.5. The molecule has 1 saturated carbocycles.